The number of rotatable bonds is 10. The molecule has 0 fully saturated rings. The minimum Gasteiger partial charge on any atom is -0.494 e. The number of anilines is 1. The van der Waals surface area contributed by atoms with Crippen LogP contribution in [0.25, 0.3) is 6.08 Å². The summed E-state index contributed by atoms with van der Waals surface area (Å²) in [6.07, 6.45) is 2.21. The number of ether oxygens (including phenoxy) is 2. The van der Waals surface area contributed by atoms with Crippen molar-refractivity contribution in [3.63, 3.8) is 0 Å². The number of nitriles is 1. The normalized spacial score (nSPS) is 11.0. The van der Waals surface area contributed by atoms with Crippen LogP contribution >= 0.6 is 31.9 Å². The molecule has 4 aromatic rings. The van der Waals surface area contributed by atoms with Gasteiger partial charge < -0.3 is 14.8 Å². The second kappa shape index (κ2) is 13.8. The first kappa shape index (κ1) is 28.2. The maximum atomic E-state index is 12.9. The Bertz CT molecular complexity index is 1510. The lowest BCUT2D eigenvalue weighted by atomic mass is 10.0. The predicted molar refractivity (Wildman–Crippen MR) is 162 cm³/mol. The average molecular weight is 646 g/mol. The summed E-state index contributed by atoms with van der Waals surface area (Å²) in [5.41, 5.74) is 4.39. The molecule has 0 aliphatic rings. The van der Waals surface area contributed by atoms with Gasteiger partial charge in [-0.25, -0.2) is 0 Å². The number of benzene rings is 4. The van der Waals surface area contributed by atoms with E-state index in [0.717, 1.165) is 25.6 Å². The number of halogens is 2. The van der Waals surface area contributed by atoms with E-state index in [1.165, 1.54) is 0 Å². The second-order valence-corrected chi connectivity index (χ2v) is 10.3. The molecule has 7 heteroatoms. The molecule has 0 aliphatic carbocycles. The van der Waals surface area contributed by atoms with Gasteiger partial charge in [0.25, 0.3) is 5.91 Å². The fraction of sp³-hybridized carbons (Fsp3) is 0.125. The van der Waals surface area contributed by atoms with Gasteiger partial charge in [-0.15, -0.1) is 0 Å². The van der Waals surface area contributed by atoms with Gasteiger partial charge in [0.15, 0.2) is 0 Å². The van der Waals surface area contributed by atoms with Gasteiger partial charge in [-0.05, 0) is 72.2 Å². The minimum absolute atomic E-state index is 0.0210. The molecule has 0 spiro atoms. The summed E-state index contributed by atoms with van der Waals surface area (Å²) in [5, 5.41) is 12.5. The number of nitrogens with zero attached hydrogens (tertiary/aromatic N) is 1. The molecule has 0 atom stereocenters. The molecular formula is C32H26Br2N2O3. The highest BCUT2D eigenvalue weighted by atomic mass is 79.9. The van der Waals surface area contributed by atoms with Crippen LogP contribution in [-0.2, 0) is 17.8 Å². The Labute approximate surface area is 245 Å². The van der Waals surface area contributed by atoms with E-state index < -0.39 is 5.91 Å². The highest BCUT2D eigenvalue weighted by Crippen LogP contribution is 2.34. The summed E-state index contributed by atoms with van der Waals surface area (Å²) in [4.78, 5) is 12.9. The third kappa shape index (κ3) is 7.82. The molecule has 1 N–H and O–H groups in total. The van der Waals surface area contributed by atoms with Gasteiger partial charge in [0, 0.05) is 26.6 Å². The fourth-order valence-corrected chi connectivity index (χ4v) is 4.92. The van der Waals surface area contributed by atoms with Gasteiger partial charge in [0.05, 0.1) is 6.61 Å². The van der Waals surface area contributed by atoms with Crippen LogP contribution in [0.15, 0.2) is 106 Å². The van der Waals surface area contributed by atoms with E-state index in [1.807, 2.05) is 73.7 Å². The van der Waals surface area contributed by atoms with Gasteiger partial charge in [-0.1, -0.05) is 80.4 Å². The van der Waals surface area contributed by atoms with Crippen LogP contribution in [0.4, 0.5) is 5.69 Å². The zero-order valence-corrected chi connectivity index (χ0v) is 24.5. The largest absolute Gasteiger partial charge is 0.494 e. The van der Waals surface area contributed by atoms with E-state index in [9.17, 15) is 10.1 Å². The van der Waals surface area contributed by atoms with E-state index in [2.05, 4.69) is 43.2 Å². The SMILES string of the molecule is CCOc1cc(/C=C(\C#N)C(=O)Nc2ccc(OCc3ccccc3)cc2)cc(Br)c1Cc1ccccc1Br. The lowest BCUT2D eigenvalue weighted by molar-refractivity contribution is -0.112. The highest BCUT2D eigenvalue weighted by molar-refractivity contribution is 9.10. The molecule has 4 rings (SSSR count). The number of hydrogen-bond acceptors (Lipinski definition) is 4. The van der Waals surface area contributed by atoms with E-state index >= 15 is 0 Å². The average Bonchev–Trinajstić information content (AvgIpc) is 2.95. The van der Waals surface area contributed by atoms with Crippen molar-refractivity contribution >= 4 is 49.5 Å². The summed E-state index contributed by atoms with van der Waals surface area (Å²) in [6.45, 7) is 2.86. The molecule has 0 aromatic heterocycles. The smallest absolute Gasteiger partial charge is 0.266 e. The Hall–Kier alpha value is -3.86. The maximum absolute atomic E-state index is 12.9. The van der Waals surface area contributed by atoms with Crippen LogP contribution in [0.5, 0.6) is 11.5 Å². The van der Waals surface area contributed by atoms with Crippen molar-refractivity contribution < 1.29 is 14.3 Å². The van der Waals surface area contributed by atoms with Crippen LogP contribution in [0, 0.1) is 11.3 Å². The van der Waals surface area contributed by atoms with Gasteiger partial charge >= 0.3 is 0 Å². The predicted octanol–water partition coefficient (Wildman–Crippen LogP) is 8.33. The van der Waals surface area contributed by atoms with Crippen molar-refractivity contribution in [2.45, 2.75) is 20.0 Å². The molecule has 0 saturated carbocycles. The third-order valence-corrected chi connectivity index (χ3v) is 7.32. The Morgan fingerprint density at radius 1 is 0.923 bits per heavy atom. The van der Waals surface area contributed by atoms with Gasteiger partial charge in [-0.3, -0.25) is 4.79 Å². The van der Waals surface area contributed by atoms with Crippen molar-refractivity contribution in [1.82, 2.24) is 0 Å². The van der Waals surface area contributed by atoms with E-state index in [1.54, 1.807) is 30.3 Å². The first-order valence-corrected chi connectivity index (χ1v) is 13.9. The summed E-state index contributed by atoms with van der Waals surface area (Å²) in [6, 6.07) is 30.7. The Kier molecular flexibility index (Phi) is 9.96. The lowest BCUT2D eigenvalue weighted by Gasteiger charge is -2.15. The minimum atomic E-state index is -0.498. The number of carbonyl (C=O) groups excluding carboxylic acids is 1. The molecule has 0 radical (unpaired) electrons. The second-order valence-electron chi connectivity index (χ2n) is 8.60. The third-order valence-electron chi connectivity index (χ3n) is 5.84. The first-order chi connectivity index (χ1) is 19.0. The Balaban J connectivity index is 1.48. The van der Waals surface area contributed by atoms with Gasteiger partial charge in [-0.2, -0.15) is 5.26 Å². The van der Waals surface area contributed by atoms with Crippen LogP contribution in [0.1, 0.15) is 29.2 Å². The molecule has 0 saturated heterocycles. The first-order valence-electron chi connectivity index (χ1n) is 12.4. The van der Waals surface area contributed by atoms with Crippen molar-refractivity contribution in [3.8, 4) is 17.6 Å². The standard InChI is InChI=1S/C32H26Br2N2O3/c1-2-38-31-18-23(17-30(34)28(31)19-24-10-6-7-11-29(24)33)16-25(20-35)32(37)36-26-12-14-27(15-13-26)39-21-22-8-4-3-5-9-22/h3-18H,2,19,21H2,1H3,(H,36,37)/b25-16+. The quantitative estimate of drug-likeness (QED) is 0.139. The van der Waals surface area contributed by atoms with Gasteiger partial charge in [0.2, 0.25) is 0 Å². The fourth-order valence-electron chi connectivity index (χ4n) is 3.89. The Morgan fingerprint density at radius 3 is 2.33 bits per heavy atom. The zero-order valence-electron chi connectivity index (χ0n) is 21.3. The molecule has 0 aliphatic heterocycles. The van der Waals surface area contributed by atoms with E-state index in [-0.39, 0.29) is 5.57 Å². The number of hydrogen-bond donors (Lipinski definition) is 1. The number of carbonyl (C=O) groups is 1. The molecule has 39 heavy (non-hydrogen) atoms. The van der Waals surface area contributed by atoms with Crippen LogP contribution in [0.2, 0.25) is 0 Å². The molecule has 0 bridgehead atoms. The molecule has 0 heterocycles. The summed E-state index contributed by atoms with van der Waals surface area (Å²) in [7, 11) is 0. The number of amides is 1. The molecule has 0 unspecified atom stereocenters. The van der Waals surface area contributed by atoms with E-state index in [4.69, 9.17) is 9.47 Å². The lowest BCUT2D eigenvalue weighted by Crippen LogP contribution is -2.13. The monoisotopic (exact) mass is 644 g/mol. The molecular weight excluding hydrogens is 620 g/mol. The number of nitrogens with one attached hydrogen (secondary N) is 1. The molecule has 4 aromatic carbocycles. The zero-order chi connectivity index (χ0) is 27.6. The van der Waals surface area contributed by atoms with E-state index in [0.29, 0.717) is 42.4 Å². The van der Waals surface area contributed by atoms with Crippen molar-refractivity contribution in [1.29, 1.82) is 5.26 Å². The summed E-state index contributed by atoms with van der Waals surface area (Å²) in [5.74, 6) is 0.878. The molecule has 196 valence electrons. The highest BCUT2D eigenvalue weighted by Gasteiger charge is 2.15. The van der Waals surface area contributed by atoms with Crippen LogP contribution in [-0.4, -0.2) is 12.5 Å². The van der Waals surface area contributed by atoms with Crippen molar-refractivity contribution in [2.24, 2.45) is 0 Å². The maximum Gasteiger partial charge on any atom is 0.266 e. The molecule has 5 nitrogen and oxygen atoms in total. The van der Waals surface area contributed by atoms with Crippen molar-refractivity contribution in [2.75, 3.05) is 11.9 Å². The van der Waals surface area contributed by atoms with Crippen LogP contribution in [0.3, 0.4) is 0 Å². The summed E-state index contributed by atoms with van der Waals surface area (Å²) < 4.78 is 13.6. The van der Waals surface area contributed by atoms with Gasteiger partial charge in [0.1, 0.15) is 29.7 Å². The Morgan fingerprint density at radius 2 is 1.64 bits per heavy atom. The van der Waals surface area contributed by atoms with Crippen molar-refractivity contribution in [3.05, 3.63) is 128 Å². The van der Waals surface area contributed by atoms with Crippen LogP contribution < -0.4 is 14.8 Å². The summed E-state index contributed by atoms with van der Waals surface area (Å²) >= 11 is 7.28. The molecule has 1 amide bonds. The topological polar surface area (TPSA) is 71.3 Å².